The summed E-state index contributed by atoms with van der Waals surface area (Å²) in [5, 5.41) is 4.64. The number of hydrogen-bond donors (Lipinski definition) is 1. The van der Waals surface area contributed by atoms with Gasteiger partial charge in [0.1, 0.15) is 0 Å². The molecule has 1 nitrogen and oxygen atoms in total. The minimum atomic E-state index is 0.401. The molecule has 3 atom stereocenters. The highest BCUT2D eigenvalue weighted by Gasteiger charge is 2.28. The van der Waals surface area contributed by atoms with Crippen LogP contribution in [-0.4, -0.2) is 6.04 Å². The average Bonchev–Trinajstić information content (AvgIpc) is 2.64. The first-order valence-electron chi connectivity index (χ1n) is 8.38. The summed E-state index contributed by atoms with van der Waals surface area (Å²) < 4.78 is 0. The maximum atomic E-state index is 5.97. The summed E-state index contributed by atoms with van der Waals surface area (Å²) in [6, 6.07) is 9.29. The summed E-state index contributed by atoms with van der Waals surface area (Å²) in [6.45, 7) is 9.43. The van der Waals surface area contributed by atoms with Crippen LogP contribution in [0.3, 0.4) is 0 Å². The van der Waals surface area contributed by atoms with E-state index in [1.807, 2.05) is 12.1 Å². The summed E-state index contributed by atoms with van der Waals surface area (Å²) >= 11 is 5.97. The van der Waals surface area contributed by atoms with E-state index in [4.69, 9.17) is 11.6 Å². The molecule has 3 unspecified atom stereocenters. The second-order valence-electron chi connectivity index (χ2n) is 7.71. The largest absolute Gasteiger partial charge is 0.307 e. The van der Waals surface area contributed by atoms with Crippen LogP contribution in [0.1, 0.15) is 71.4 Å². The first-order chi connectivity index (χ1) is 9.86. The van der Waals surface area contributed by atoms with Gasteiger partial charge in [-0.2, -0.15) is 0 Å². The molecule has 1 saturated carbocycles. The van der Waals surface area contributed by atoms with Crippen molar-refractivity contribution in [3.63, 3.8) is 0 Å². The zero-order chi connectivity index (χ0) is 15.5. The van der Waals surface area contributed by atoms with Crippen molar-refractivity contribution in [2.45, 2.75) is 71.9 Å². The molecule has 0 radical (unpaired) electrons. The molecule has 1 aromatic carbocycles. The molecule has 0 saturated heterocycles. The highest BCUT2D eigenvalue weighted by atomic mass is 35.5. The Hall–Kier alpha value is -0.530. The molecule has 1 aliphatic carbocycles. The van der Waals surface area contributed by atoms with E-state index in [1.54, 1.807) is 0 Å². The lowest BCUT2D eigenvalue weighted by Gasteiger charge is -2.30. The normalized spacial score (nSPS) is 25.4. The third-order valence-corrected chi connectivity index (χ3v) is 5.30. The van der Waals surface area contributed by atoms with Gasteiger partial charge in [-0.05, 0) is 61.6 Å². The van der Waals surface area contributed by atoms with Crippen LogP contribution in [0.4, 0.5) is 0 Å². The Morgan fingerprint density at radius 1 is 1.05 bits per heavy atom. The Balaban J connectivity index is 1.90. The van der Waals surface area contributed by atoms with Gasteiger partial charge in [0.05, 0.1) is 0 Å². The predicted octanol–water partition coefficient (Wildman–Crippen LogP) is 5.99. The van der Waals surface area contributed by atoms with Gasteiger partial charge < -0.3 is 5.32 Å². The van der Waals surface area contributed by atoms with Crippen molar-refractivity contribution in [2.75, 3.05) is 0 Å². The lowest BCUT2D eigenvalue weighted by molar-refractivity contribution is 0.213. The summed E-state index contributed by atoms with van der Waals surface area (Å²) in [6.07, 6.45) is 6.71. The quantitative estimate of drug-likeness (QED) is 0.677. The Bertz CT molecular complexity index is 432. The highest BCUT2D eigenvalue weighted by molar-refractivity contribution is 6.30. The molecular formula is C19H30ClN. The Kier molecular flexibility index (Phi) is 5.73. The summed E-state index contributed by atoms with van der Waals surface area (Å²) in [5.74, 6) is 0.870. The maximum absolute atomic E-state index is 5.97. The van der Waals surface area contributed by atoms with Crippen molar-refractivity contribution in [1.29, 1.82) is 0 Å². The molecular weight excluding hydrogens is 278 g/mol. The molecule has 0 heterocycles. The van der Waals surface area contributed by atoms with Gasteiger partial charge in [0.15, 0.2) is 0 Å². The van der Waals surface area contributed by atoms with Crippen molar-refractivity contribution in [3.8, 4) is 0 Å². The fourth-order valence-electron chi connectivity index (χ4n) is 3.54. The fourth-order valence-corrected chi connectivity index (χ4v) is 3.66. The first-order valence-corrected chi connectivity index (χ1v) is 8.75. The molecule has 2 rings (SSSR count). The summed E-state index contributed by atoms with van der Waals surface area (Å²) in [4.78, 5) is 0. The van der Waals surface area contributed by atoms with Crippen molar-refractivity contribution in [2.24, 2.45) is 11.3 Å². The van der Waals surface area contributed by atoms with E-state index in [9.17, 15) is 0 Å². The number of nitrogens with one attached hydrogen (secondary N) is 1. The zero-order valence-electron chi connectivity index (χ0n) is 14.0. The minimum Gasteiger partial charge on any atom is -0.307 e. The number of rotatable bonds is 3. The van der Waals surface area contributed by atoms with Crippen LogP contribution in [0.2, 0.25) is 5.02 Å². The molecule has 1 aromatic rings. The SMILES string of the molecule is CC(NC1CCCC(C(C)(C)C)CC1)c1ccc(Cl)cc1. The molecule has 0 amide bonds. The molecule has 1 fully saturated rings. The van der Waals surface area contributed by atoms with Gasteiger partial charge in [-0.3, -0.25) is 0 Å². The molecule has 0 aromatic heterocycles. The monoisotopic (exact) mass is 307 g/mol. The molecule has 118 valence electrons. The van der Waals surface area contributed by atoms with Gasteiger partial charge in [-0.15, -0.1) is 0 Å². The number of halogens is 1. The highest BCUT2D eigenvalue weighted by Crippen LogP contribution is 2.37. The predicted molar refractivity (Wildman–Crippen MR) is 92.8 cm³/mol. The van der Waals surface area contributed by atoms with Gasteiger partial charge in [0, 0.05) is 17.1 Å². The smallest absolute Gasteiger partial charge is 0.0406 e. The molecule has 0 bridgehead atoms. The second-order valence-corrected chi connectivity index (χ2v) is 8.14. The maximum Gasteiger partial charge on any atom is 0.0406 e. The van der Waals surface area contributed by atoms with Crippen LogP contribution in [0.15, 0.2) is 24.3 Å². The first kappa shape index (κ1) is 16.8. The average molecular weight is 308 g/mol. The Morgan fingerprint density at radius 2 is 1.71 bits per heavy atom. The lowest BCUT2D eigenvalue weighted by Crippen LogP contribution is -2.31. The third-order valence-electron chi connectivity index (χ3n) is 5.05. The topological polar surface area (TPSA) is 12.0 Å². The van der Waals surface area contributed by atoms with E-state index in [1.165, 1.54) is 37.7 Å². The van der Waals surface area contributed by atoms with Crippen LogP contribution < -0.4 is 5.32 Å². The number of hydrogen-bond acceptors (Lipinski definition) is 1. The summed E-state index contributed by atoms with van der Waals surface area (Å²) in [5.41, 5.74) is 1.78. The van der Waals surface area contributed by atoms with Crippen LogP contribution in [-0.2, 0) is 0 Å². The number of benzene rings is 1. The molecule has 1 N–H and O–H groups in total. The van der Waals surface area contributed by atoms with Crippen LogP contribution in [0, 0.1) is 11.3 Å². The van der Waals surface area contributed by atoms with Gasteiger partial charge in [-0.1, -0.05) is 50.9 Å². The Labute approximate surface area is 135 Å². The van der Waals surface area contributed by atoms with Gasteiger partial charge in [-0.25, -0.2) is 0 Å². The fraction of sp³-hybridized carbons (Fsp3) is 0.684. The Morgan fingerprint density at radius 3 is 2.33 bits per heavy atom. The van der Waals surface area contributed by atoms with Crippen LogP contribution >= 0.6 is 11.6 Å². The van der Waals surface area contributed by atoms with E-state index >= 15 is 0 Å². The zero-order valence-corrected chi connectivity index (χ0v) is 14.7. The van der Waals surface area contributed by atoms with E-state index in [0.717, 1.165) is 10.9 Å². The molecule has 0 spiro atoms. The van der Waals surface area contributed by atoms with E-state index in [2.05, 4.69) is 45.1 Å². The van der Waals surface area contributed by atoms with Crippen LogP contribution in [0.5, 0.6) is 0 Å². The summed E-state index contributed by atoms with van der Waals surface area (Å²) in [7, 11) is 0. The van der Waals surface area contributed by atoms with Crippen LogP contribution in [0.25, 0.3) is 0 Å². The van der Waals surface area contributed by atoms with Crippen molar-refractivity contribution in [1.82, 2.24) is 5.32 Å². The molecule has 0 aliphatic heterocycles. The van der Waals surface area contributed by atoms with Gasteiger partial charge in [0.25, 0.3) is 0 Å². The van der Waals surface area contributed by atoms with Crippen molar-refractivity contribution in [3.05, 3.63) is 34.9 Å². The third kappa shape index (κ3) is 5.00. The standard InChI is InChI=1S/C19H30ClN/c1-14(15-8-11-17(20)12-9-15)21-18-7-5-6-16(10-13-18)19(2,3)4/h8-9,11-12,14,16,18,21H,5-7,10,13H2,1-4H3. The molecule has 21 heavy (non-hydrogen) atoms. The molecule has 1 aliphatic rings. The van der Waals surface area contributed by atoms with Gasteiger partial charge >= 0.3 is 0 Å². The molecule has 2 heteroatoms. The minimum absolute atomic E-state index is 0.401. The second kappa shape index (κ2) is 7.15. The lowest BCUT2D eigenvalue weighted by atomic mass is 9.76. The van der Waals surface area contributed by atoms with Gasteiger partial charge in [0.2, 0.25) is 0 Å². The van der Waals surface area contributed by atoms with Crippen molar-refractivity contribution >= 4 is 11.6 Å². The van der Waals surface area contributed by atoms with E-state index in [0.29, 0.717) is 17.5 Å². The van der Waals surface area contributed by atoms with Crippen molar-refractivity contribution < 1.29 is 0 Å². The van der Waals surface area contributed by atoms with E-state index < -0.39 is 0 Å². The van der Waals surface area contributed by atoms with E-state index in [-0.39, 0.29) is 0 Å².